The van der Waals surface area contributed by atoms with Gasteiger partial charge in [0.2, 0.25) is 0 Å². The zero-order chi connectivity index (χ0) is 13.7. The van der Waals surface area contributed by atoms with E-state index in [0.29, 0.717) is 12.2 Å². The quantitative estimate of drug-likeness (QED) is 0.776. The van der Waals surface area contributed by atoms with Crippen LogP contribution >= 0.6 is 11.6 Å². The number of nitrogens with one attached hydrogen (secondary N) is 1. The molecule has 0 spiro atoms. The predicted octanol–water partition coefficient (Wildman–Crippen LogP) is 1.73. The Hall–Kier alpha value is -1.85. The molecule has 100 valence electrons. The fourth-order valence-electron chi connectivity index (χ4n) is 1.74. The molecule has 6 heteroatoms. The first-order valence-corrected chi connectivity index (χ1v) is 6.25. The van der Waals surface area contributed by atoms with Gasteiger partial charge >= 0.3 is 0 Å². The van der Waals surface area contributed by atoms with Gasteiger partial charge in [-0.2, -0.15) is 0 Å². The van der Waals surface area contributed by atoms with Gasteiger partial charge in [-0.1, -0.05) is 41.9 Å². The van der Waals surface area contributed by atoms with Gasteiger partial charge in [-0.3, -0.25) is 0 Å². The zero-order valence-corrected chi connectivity index (χ0v) is 11.0. The lowest BCUT2D eigenvalue weighted by Crippen LogP contribution is -2.27. The Morgan fingerprint density at radius 2 is 2.00 bits per heavy atom. The number of aliphatic hydroxyl groups excluding tert-OH is 1. The van der Waals surface area contributed by atoms with Crippen LogP contribution in [0.4, 0.5) is 11.6 Å². The predicted molar refractivity (Wildman–Crippen MR) is 76.1 cm³/mol. The minimum Gasteiger partial charge on any atom is -0.394 e. The Morgan fingerprint density at radius 1 is 1.26 bits per heavy atom. The molecule has 0 amide bonds. The van der Waals surface area contributed by atoms with E-state index in [1.165, 1.54) is 6.33 Å². The van der Waals surface area contributed by atoms with Gasteiger partial charge in [0.15, 0.2) is 5.82 Å². The lowest BCUT2D eigenvalue weighted by atomic mass is 10.1. The second-order valence-corrected chi connectivity index (χ2v) is 4.51. The molecule has 5 nitrogen and oxygen atoms in total. The summed E-state index contributed by atoms with van der Waals surface area (Å²) >= 11 is 6.00. The highest BCUT2D eigenvalue weighted by atomic mass is 35.5. The minimum atomic E-state index is -0.186. The van der Waals surface area contributed by atoms with E-state index >= 15 is 0 Å². The molecule has 19 heavy (non-hydrogen) atoms. The molecule has 1 aromatic heterocycles. The Bertz CT molecular complexity index is 535. The molecule has 2 rings (SSSR count). The van der Waals surface area contributed by atoms with E-state index in [2.05, 4.69) is 15.3 Å². The van der Waals surface area contributed by atoms with Gasteiger partial charge < -0.3 is 16.2 Å². The van der Waals surface area contributed by atoms with Crippen LogP contribution in [0.1, 0.15) is 5.56 Å². The summed E-state index contributed by atoms with van der Waals surface area (Å²) in [6.45, 7) is -0.0326. The highest BCUT2D eigenvalue weighted by Gasteiger charge is 2.13. The number of rotatable bonds is 5. The van der Waals surface area contributed by atoms with Crippen LogP contribution in [0.3, 0.4) is 0 Å². The smallest absolute Gasteiger partial charge is 0.150 e. The van der Waals surface area contributed by atoms with Crippen molar-refractivity contribution in [2.24, 2.45) is 0 Å². The van der Waals surface area contributed by atoms with Crippen molar-refractivity contribution in [3.8, 4) is 0 Å². The zero-order valence-electron chi connectivity index (χ0n) is 10.3. The fourth-order valence-corrected chi connectivity index (χ4v) is 1.89. The number of benzene rings is 1. The first-order chi connectivity index (χ1) is 9.20. The summed E-state index contributed by atoms with van der Waals surface area (Å²) in [5.41, 5.74) is 6.72. The highest BCUT2D eigenvalue weighted by molar-refractivity contribution is 6.35. The molecule has 4 N–H and O–H groups in total. The Labute approximate surface area is 116 Å². The maximum absolute atomic E-state index is 9.43. The van der Waals surface area contributed by atoms with Crippen LogP contribution in [-0.2, 0) is 6.42 Å². The summed E-state index contributed by atoms with van der Waals surface area (Å²) in [5.74, 6) is 0.653. The van der Waals surface area contributed by atoms with Gasteiger partial charge in [-0.25, -0.2) is 9.97 Å². The summed E-state index contributed by atoms with van der Waals surface area (Å²) < 4.78 is 0. The summed E-state index contributed by atoms with van der Waals surface area (Å²) in [6, 6.07) is 9.68. The highest BCUT2D eigenvalue weighted by Crippen LogP contribution is 2.24. The van der Waals surface area contributed by atoms with Crippen molar-refractivity contribution in [3.63, 3.8) is 0 Å². The molecule has 0 aliphatic rings. The van der Waals surface area contributed by atoms with E-state index in [4.69, 9.17) is 17.3 Å². The first kappa shape index (κ1) is 13.6. The van der Waals surface area contributed by atoms with Crippen LogP contribution in [0, 0.1) is 0 Å². The van der Waals surface area contributed by atoms with Gasteiger partial charge in [0.25, 0.3) is 0 Å². The Balaban J connectivity index is 2.09. The number of aromatic nitrogens is 2. The standard InChI is InChI=1S/C13H15ClN4O/c14-11-12(15)16-8-17-13(11)18-10(7-19)6-9-4-2-1-3-5-9/h1-5,8,10,19H,6-7H2,(H3,15,16,17,18). The average Bonchev–Trinajstić information content (AvgIpc) is 2.44. The molecule has 0 fully saturated rings. The number of anilines is 2. The summed E-state index contributed by atoms with van der Waals surface area (Å²) in [7, 11) is 0. The third-order valence-corrected chi connectivity index (χ3v) is 3.08. The van der Waals surface area contributed by atoms with E-state index < -0.39 is 0 Å². The van der Waals surface area contributed by atoms with Crippen LogP contribution < -0.4 is 11.1 Å². The van der Waals surface area contributed by atoms with Crippen molar-refractivity contribution in [2.75, 3.05) is 17.7 Å². The average molecular weight is 279 g/mol. The maximum atomic E-state index is 9.43. The summed E-state index contributed by atoms with van der Waals surface area (Å²) in [5, 5.41) is 12.8. The van der Waals surface area contributed by atoms with E-state index in [9.17, 15) is 5.11 Å². The number of nitrogens with two attached hydrogens (primary N) is 1. The van der Waals surface area contributed by atoms with Crippen LogP contribution in [0.15, 0.2) is 36.7 Å². The number of aliphatic hydroxyl groups is 1. The SMILES string of the molecule is Nc1ncnc(NC(CO)Cc2ccccc2)c1Cl. The van der Waals surface area contributed by atoms with Crippen molar-refractivity contribution < 1.29 is 5.11 Å². The third kappa shape index (κ3) is 3.56. The van der Waals surface area contributed by atoms with Gasteiger partial charge in [0.1, 0.15) is 17.2 Å². The normalized spacial score (nSPS) is 12.1. The fraction of sp³-hybridized carbons (Fsp3) is 0.231. The molecule has 1 atom stereocenters. The molecule has 0 bridgehead atoms. The van der Waals surface area contributed by atoms with Crippen molar-refractivity contribution in [3.05, 3.63) is 47.2 Å². The van der Waals surface area contributed by atoms with Crippen molar-refractivity contribution in [1.29, 1.82) is 0 Å². The van der Waals surface area contributed by atoms with Crippen LogP contribution in [0.5, 0.6) is 0 Å². The Morgan fingerprint density at radius 3 is 2.68 bits per heavy atom. The minimum absolute atomic E-state index is 0.0326. The molecule has 1 heterocycles. The number of hydrogen-bond acceptors (Lipinski definition) is 5. The first-order valence-electron chi connectivity index (χ1n) is 5.88. The molecular formula is C13H15ClN4O. The lowest BCUT2D eigenvalue weighted by Gasteiger charge is -2.17. The molecule has 1 unspecified atom stereocenters. The lowest BCUT2D eigenvalue weighted by molar-refractivity contribution is 0.273. The van der Waals surface area contributed by atoms with Crippen molar-refractivity contribution in [1.82, 2.24) is 9.97 Å². The van der Waals surface area contributed by atoms with Crippen LogP contribution in [-0.4, -0.2) is 27.7 Å². The second kappa shape index (κ2) is 6.36. The summed E-state index contributed by atoms with van der Waals surface area (Å²) in [4.78, 5) is 7.81. The number of hydrogen-bond donors (Lipinski definition) is 3. The van der Waals surface area contributed by atoms with E-state index in [0.717, 1.165) is 5.56 Å². The molecule has 2 aromatic rings. The van der Waals surface area contributed by atoms with Crippen LogP contribution in [0.25, 0.3) is 0 Å². The monoisotopic (exact) mass is 278 g/mol. The topological polar surface area (TPSA) is 84.1 Å². The summed E-state index contributed by atoms with van der Waals surface area (Å²) in [6.07, 6.45) is 2.00. The molecule has 0 saturated carbocycles. The van der Waals surface area contributed by atoms with Crippen LogP contribution in [0.2, 0.25) is 5.02 Å². The molecular weight excluding hydrogens is 264 g/mol. The molecule has 0 aliphatic heterocycles. The largest absolute Gasteiger partial charge is 0.394 e. The Kier molecular flexibility index (Phi) is 4.54. The van der Waals surface area contributed by atoms with E-state index in [-0.39, 0.29) is 23.5 Å². The van der Waals surface area contributed by atoms with Gasteiger partial charge in [0.05, 0.1) is 12.6 Å². The number of nitrogen functional groups attached to an aromatic ring is 1. The maximum Gasteiger partial charge on any atom is 0.150 e. The third-order valence-electron chi connectivity index (χ3n) is 2.70. The van der Waals surface area contributed by atoms with E-state index in [1.54, 1.807) is 0 Å². The molecule has 0 saturated heterocycles. The van der Waals surface area contributed by atoms with Gasteiger partial charge in [-0.05, 0) is 12.0 Å². The van der Waals surface area contributed by atoms with Gasteiger partial charge in [-0.15, -0.1) is 0 Å². The van der Waals surface area contributed by atoms with Crippen molar-refractivity contribution in [2.45, 2.75) is 12.5 Å². The number of nitrogens with zero attached hydrogens (tertiary/aromatic N) is 2. The molecule has 0 aliphatic carbocycles. The number of halogens is 1. The second-order valence-electron chi connectivity index (χ2n) is 4.14. The van der Waals surface area contributed by atoms with Gasteiger partial charge in [0, 0.05) is 0 Å². The molecule has 0 radical (unpaired) electrons. The molecule has 1 aromatic carbocycles. The van der Waals surface area contributed by atoms with E-state index in [1.807, 2.05) is 30.3 Å². The van der Waals surface area contributed by atoms with Crippen molar-refractivity contribution >= 4 is 23.2 Å².